The number of amides is 3. The molecule has 0 spiro atoms. The number of alkyl carbamates (subject to hydrolysis) is 1. The van der Waals surface area contributed by atoms with Gasteiger partial charge in [0.25, 0.3) is 5.91 Å². The first-order valence-electron chi connectivity index (χ1n) is 10.6. The average molecular weight is 488 g/mol. The van der Waals surface area contributed by atoms with Gasteiger partial charge in [-0.3, -0.25) is 14.9 Å². The largest absolute Gasteiger partial charge is 0.447 e. The molecule has 4 rings (SSSR count). The summed E-state index contributed by atoms with van der Waals surface area (Å²) >= 11 is 2.94. The number of thioether (sulfide) groups is 2. The van der Waals surface area contributed by atoms with Crippen LogP contribution < -0.4 is 16.0 Å². The lowest BCUT2D eigenvalue weighted by Crippen LogP contribution is -2.47. The molecule has 0 bridgehead atoms. The van der Waals surface area contributed by atoms with Gasteiger partial charge in [-0.2, -0.15) is 0 Å². The Balaban J connectivity index is 1.17. The summed E-state index contributed by atoms with van der Waals surface area (Å²) in [4.78, 5) is 38.3. The lowest BCUT2D eigenvalue weighted by molar-refractivity contribution is -0.125. The first kappa shape index (κ1) is 23.5. The van der Waals surface area contributed by atoms with E-state index in [2.05, 4.69) is 16.0 Å². The molecule has 2 aliphatic rings. The van der Waals surface area contributed by atoms with Crippen LogP contribution in [0, 0.1) is 5.92 Å². The zero-order valence-electron chi connectivity index (χ0n) is 17.8. The minimum absolute atomic E-state index is 0.0384. The van der Waals surface area contributed by atoms with E-state index in [4.69, 9.17) is 9.47 Å². The Hall–Kier alpha value is -2.69. The molecule has 3 atom stereocenters. The summed E-state index contributed by atoms with van der Waals surface area (Å²) in [5.41, 5.74) is 1.95. The van der Waals surface area contributed by atoms with Crippen molar-refractivity contribution in [1.29, 1.82) is 0 Å². The number of carbonyl (C=O) groups is 3. The molecule has 0 radical (unpaired) electrons. The van der Waals surface area contributed by atoms with Crippen molar-refractivity contribution in [3.8, 4) is 0 Å². The second kappa shape index (κ2) is 11.4. The Morgan fingerprint density at radius 3 is 2.61 bits per heavy atom. The molecule has 2 heterocycles. The maximum absolute atomic E-state index is 12.7. The van der Waals surface area contributed by atoms with Crippen LogP contribution in [0.25, 0.3) is 0 Å². The van der Waals surface area contributed by atoms with Gasteiger partial charge in [-0.05, 0) is 29.9 Å². The minimum Gasteiger partial charge on any atom is -0.447 e. The number of fused-ring (bicyclic) bond motifs is 1. The van der Waals surface area contributed by atoms with Crippen molar-refractivity contribution >= 4 is 47.1 Å². The van der Waals surface area contributed by atoms with Crippen LogP contribution in [0.5, 0.6) is 0 Å². The number of rotatable bonds is 8. The molecule has 10 heteroatoms. The predicted molar refractivity (Wildman–Crippen MR) is 128 cm³/mol. The number of hydrogen-bond donors (Lipinski definition) is 3. The molecule has 2 aromatic rings. The number of hydrogen-bond acceptors (Lipinski definition) is 8. The molecule has 3 N–H and O–H groups in total. The minimum atomic E-state index is -0.811. The highest BCUT2D eigenvalue weighted by Crippen LogP contribution is 2.38. The van der Waals surface area contributed by atoms with Gasteiger partial charge in [-0.1, -0.05) is 54.2 Å². The van der Waals surface area contributed by atoms with Crippen LogP contribution in [0.2, 0.25) is 0 Å². The Morgan fingerprint density at radius 2 is 1.79 bits per heavy atom. The topological polar surface area (TPSA) is 106 Å². The van der Waals surface area contributed by atoms with E-state index in [1.165, 1.54) is 23.5 Å². The molecule has 0 aliphatic carbocycles. The fourth-order valence-corrected chi connectivity index (χ4v) is 5.87. The van der Waals surface area contributed by atoms with E-state index in [-0.39, 0.29) is 19.1 Å². The number of anilines is 1. The van der Waals surface area contributed by atoms with Crippen molar-refractivity contribution in [3.63, 3.8) is 0 Å². The zero-order chi connectivity index (χ0) is 23.0. The Morgan fingerprint density at radius 1 is 1.00 bits per heavy atom. The highest BCUT2D eigenvalue weighted by atomic mass is 32.2. The second-order valence-corrected chi connectivity index (χ2v) is 9.89. The number of para-hydroxylation sites is 1. The monoisotopic (exact) mass is 487 g/mol. The molecule has 2 aliphatic heterocycles. The van der Waals surface area contributed by atoms with E-state index in [9.17, 15) is 14.4 Å². The molecular weight excluding hydrogens is 462 g/mol. The number of nitrogens with one attached hydrogen (secondary N) is 3. The van der Waals surface area contributed by atoms with Gasteiger partial charge in [0.2, 0.25) is 5.91 Å². The van der Waals surface area contributed by atoms with Gasteiger partial charge >= 0.3 is 6.09 Å². The first-order chi connectivity index (χ1) is 16.1. The van der Waals surface area contributed by atoms with E-state index in [1.807, 2.05) is 54.6 Å². The van der Waals surface area contributed by atoms with Gasteiger partial charge in [0, 0.05) is 10.6 Å². The molecule has 8 nitrogen and oxygen atoms in total. The van der Waals surface area contributed by atoms with Gasteiger partial charge < -0.3 is 20.1 Å². The fourth-order valence-electron chi connectivity index (χ4n) is 3.51. The Bertz CT molecular complexity index is 966. The molecule has 3 unspecified atom stereocenters. The third-order valence-electron chi connectivity index (χ3n) is 5.17. The van der Waals surface area contributed by atoms with E-state index in [0.29, 0.717) is 13.0 Å². The Kier molecular flexibility index (Phi) is 8.14. The summed E-state index contributed by atoms with van der Waals surface area (Å²) in [6.45, 7) is 0.685. The maximum Gasteiger partial charge on any atom is 0.413 e. The smallest absolute Gasteiger partial charge is 0.413 e. The quantitative estimate of drug-likeness (QED) is 0.488. The molecule has 2 aromatic carbocycles. The molecule has 3 amide bonds. The van der Waals surface area contributed by atoms with E-state index in [0.717, 1.165) is 21.9 Å². The normalized spacial score (nSPS) is 21.0. The van der Waals surface area contributed by atoms with Crippen molar-refractivity contribution in [1.82, 2.24) is 10.6 Å². The van der Waals surface area contributed by atoms with E-state index < -0.39 is 28.7 Å². The van der Waals surface area contributed by atoms with Gasteiger partial charge in [0.1, 0.15) is 6.61 Å². The number of ether oxygens (including phenoxy) is 2. The van der Waals surface area contributed by atoms with Crippen LogP contribution in [0.4, 0.5) is 10.5 Å². The summed E-state index contributed by atoms with van der Waals surface area (Å²) in [5.74, 6) is -0.423. The molecular formula is C23H25N3O5S2. The number of imide groups is 1. The third kappa shape index (κ3) is 6.43. The van der Waals surface area contributed by atoms with Gasteiger partial charge in [0.15, 0.2) is 5.37 Å². The van der Waals surface area contributed by atoms with Crippen molar-refractivity contribution in [2.75, 3.05) is 24.3 Å². The summed E-state index contributed by atoms with van der Waals surface area (Å²) in [7, 11) is 0. The first-order valence-corrected chi connectivity index (χ1v) is 12.6. The third-order valence-corrected chi connectivity index (χ3v) is 7.62. The molecule has 0 aromatic heterocycles. The average Bonchev–Trinajstić information content (AvgIpc) is 3.46. The van der Waals surface area contributed by atoms with Crippen molar-refractivity contribution in [2.45, 2.75) is 28.7 Å². The van der Waals surface area contributed by atoms with Gasteiger partial charge in [0.05, 0.1) is 24.5 Å². The van der Waals surface area contributed by atoms with Crippen LogP contribution in [0.15, 0.2) is 59.5 Å². The van der Waals surface area contributed by atoms with E-state index in [1.54, 1.807) is 0 Å². The molecule has 33 heavy (non-hydrogen) atoms. The van der Waals surface area contributed by atoms with Gasteiger partial charge in [-0.25, -0.2) is 4.79 Å². The summed E-state index contributed by atoms with van der Waals surface area (Å²) in [5, 5.41) is 7.55. The molecule has 0 saturated carbocycles. The lowest BCUT2D eigenvalue weighted by Gasteiger charge is -2.21. The summed E-state index contributed by atoms with van der Waals surface area (Å²) < 4.78 is 10.5. The highest BCUT2D eigenvalue weighted by Gasteiger charge is 2.38. The molecule has 1 saturated heterocycles. The van der Waals surface area contributed by atoms with Crippen LogP contribution >= 0.6 is 23.5 Å². The standard InChI is InChI=1S/C23H25N3O5S2/c27-19(26-23(29)31-12-11-30-14-15-6-2-1-3-7-15)16-10-13-32-21(16)25-20(28)22-24-17-8-4-5-9-18(17)33-22/h1-9,16,21-22,24H,10-14H2,(H,25,28)(H,26,27,29). The highest BCUT2D eigenvalue weighted by molar-refractivity contribution is 8.01. The predicted octanol–water partition coefficient (Wildman–Crippen LogP) is 3.20. The summed E-state index contributed by atoms with van der Waals surface area (Å²) in [6, 6.07) is 17.4. The number of benzene rings is 2. The summed E-state index contributed by atoms with van der Waals surface area (Å²) in [6.07, 6.45) is -0.242. The van der Waals surface area contributed by atoms with Crippen LogP contribution in [-0.4, -0.2) is 47.6 Å². The SMILES string of the molecule is O=C(NC(=O)C1CCSC1NC(=O)C1Nc2ccccc2S1)OCCOCc1ccccc1. The van der Waals surface area contributed by atoms with Crippen LogP contribution in [0.3, 0.4) is 0 Å². The molecule has 174 valence electrons. The second-order valence-electron chi connectivity index (χ2n) is 7.50. The lowest BCUT2D eigenvalue weighted by atomic mass is 10.1. The van der Waals surface area contributed by atoms with Crippen LogP contribution in [0.1, 0.15) is 12.0 Å². The van der Waals surface area contributed by atoms with Crippen molar-refractivity contribution < 1.29 is 23.9 Å². The van der Waals surface area contributed by atoms with Gasteiger partial charge in [-0.15, -0.1) is 11.8 Å². The van der Waals surface area contributed by atoms with Crippen molar-refractivity contribution in [2.24, 2.45) is 5.92 Å². The fraction of sp³-hybridized carbons (Fsp3) is 0.348. The number of carbonyl (C=O) groups excluding carboxylic acids is 3. The Labute approximate surface area is 200 Å². The van der Waals surface area contributed by atoms with E-state index >= 15 is 0 Å². The zero-order valence-corrected chi connectivity index (χ0v) is 19.5. The molecule has 1 fully saturated rings. The van der Waals surface area contributed by atoms with Crippen molar-refractivity contribution in [3.05, 3.63) is 60.2 Å². The maximum atomic E-state index is 12.7. The van der Waals surface area contributed by atoms with Crippen LogP contribution in [-0.2, 0) is 25.7 Å².